The molecule has 0 aliphatic carbocycles. The van der Waals surface area contributed by atoms with Crippen molar-refractivity contribution in [3.05, 3.63) is 69.8 Å². The predicted octanol–water partition coefficient (Wildman–Crippen LogP) is 1.37. The zero-order valence-electron chi connectivity index (χ0n) is 13.8. The van der Waals surface area contributed by atoms with Gasteiger partial charge in [-0.3, -0.25) is 19.7 Å². The van der Waals surface area contributed by atoms with Gasteiger partial charge in [0.1, 0.15) is 12.4 Å². The van der Waals surface area contributed by atoms with Gasteiger partial charge in [-0.05, 0) is 47.5 Å². The van der Waals surface area contributed by atoms with Crippen LogP contribution in [0.15, 0.2) is 53.6 Å². The van der Waals surface area contributed by atoms with E-state index < -0.39 is 16.7 Å². The fourth-order valence-electron chi connectivity index (χ4n) is 1.86. The number of hydrazone groups is 1. The Labute approximate surface area is 148 Å². The SMILES string of the molecule is CNC(=O)C(=O)N/N=C\c1ccc(OCc2ccc([N+](=O)[O-])cc2)cc1. The van der Waals surface area contributed by atoms with Crippen molar-refractivity contribution in [3.63, 3.8) is 0 Å². The maximum atomic E-state index is 11.2. The molecule has 2 N–H and O–H groups in total. The molecule has 0 saturated heterocycles. The van der Waals surface area contributed by atoms with E-state index in [1.54, 1.807) is 36.4 Å². The van der Waals surface area contributed by atoms with Gasteiger partial charge in [-0.1, -0.05) is 0 Å². The van der Waals surface area contributed by atoms with E-state index >= 15 is 0 Å². The van der Waals surface area contributed by atoms with Gasteiger partial charge >= 0.3 is 11.8 Å². The maximum absolute atomic E-state index is 11.2. The summed E-state index contributed by atoms with van der Waals surface area (Å²) in [6.45, 7) is 0.271. The Hall–Kier alpha value is -3.75. The number of benzene rings is 2. The lowest BCUT2D eigenvalue weighted by molar-refractivity contribution is -0.384. The van der Waals surface area contributed by atoms with Crippen LogP contribution in [0.3, 0.4) is 0 Å². The summed E-state index contributed by atoms with van der Waals surface area (Å²) in [6.07, 6.45) is 1.39. The van der Waals surface area contributed by atoms with Crippen LogP contribution in [-0.4, -0.2) is 30.0 Å². The molecule has 0 spiro atoms. The number of hydrogen-bond acceptors (Lipinski definition) is 6. The van der Waals surface area contributed by atoms with E-state index in [-0.39, 0.29) is 12.3 Å². The van der Waals surface area contributed by atoms with Crippen molar-refractivity contribution in [2.24, 2.45) is 5.10 Å². The molecular formula is C17H16N4O5. The Morgan fingerprint density at radius 3 is 2.35 bits per heavy atom. The van der Waals surface area contributed by atoms with Gasteiger partial charge in [0, 0.05) is 19.2 Å². The third-order valence-corrected chi connectivity index (χ3v) is 3.25. The lowest BCUT2D eigenvalue weighted by Gasteiger charge is -2.06. The van der Waals surface area contributed by atoms with Crippen molar-refractivity contribution in [2.45, 2.75) is 6.61 Å². The molecule has 0 unspecified atom stereocenters. The first-order chi connectivity index (χ1) is 12.5. The summed E-state index contributed by atoms with van der Waals surface area (Å²) in [6, 6.07) is 13.0. The minimum absolute atomic E-state index is 0.0286. The summed E-state index contributed by atoms with van der Waals surface area (Å²) in [5.74, 6) is -1.03. The molecule has 26 heavy (non-hydrogen) atoms. The molecule has 0 bridgehead atoms. The fraction of sp³-hybridized carbons (Fsp3) is 0.118. The molecule has 9 heteroatoms. The van der Waals surface area contributed by atoms with Crippen LogP contribution in [-0.2, 0) is 16.2 Å². The second kappa shape index (κ2) is 8.92. The first-order valence-corrected chi connectivity index (χ1v) is 7.51. The monoisotopic (exact) mass is 356 g/mol. The maximum Gasteiger partial charge on any atom is 0.329 e. The molecule has 0 heterocycles. The number of non-ortho nitro benzene ring substituents is 1. The van der Waals surface area contributed by atoms with Crippen molar-refractivity contribution >= 4 is 23.7 Å². The minimum atomic E-state index is -0.855. The zero-order valence-corrected chi connectivity index (χ0v) is 13.8. The number of nitro groups is 1. The van der Waals surface area contributed by atoms with E-state index in [0.717, 1.165) is 5.56 Å². The summed E-state index contributed by atoms with van der Waals surface area (Å²) >= 11 is 0. The first kappa shape index (κ1) is 18.6. The van der Waals surface area contributed by atoms with Gasteiger partial charge in [0.25, 0.3) is 5.69 Å². The van der Waals surface area contributed by atoms with Crippen LogP contribution in [0.4, 0.5) is 5.69 Å². The van der Waals surface area contributed by atoms with Crippen LogP contribution < -0.4 is 15.5 Å². The second-order valence-electron chi connectivity index (χ2n) is 5.06. The molecule has 134 valence electrons. The molecule has 0 fully saturated rings. The number of ether oxygens (including phenoxy) is 1. The van der Waals surface area contributed by atoms with Crippen molar-refractivity contribution < 1.29 is 19.2 Å². The molecule has 2 rings (SSSR count). The highest BCUT2D eigenvalue weighted by molar-refractivity contribution is 6.34. The van der Waals surface area contributed by atoms with Gasteiger partial charge in [0.2, 0.25) is 0 Å². The Morgan fingerprint density at radius 2 is 1.77 bits per heavy atom. The molecule has 0 aromatic heterocycles. The van der Waals surface area contributed by atoms with Crippen LogP contribution in [0.5, 0.6) is 5.75 Å². The molecule has 2 amide bonds. The number of likely N-dealkylation sites (N-methyl/N-ethyl adjacent to an activating group) is 1. The smallest absolute Gasteiger partial charge is 0.329 e. The van der Waals surface area contributed by atoms with Gasteiger partial charge < -0.3 is 10.1 Å². The Balaban J connectivity index is 1.86. The predicted molar refractivity (Wildman–Crippen MR) is 93.7 cm³/mol. The Bertz CT molecular complexity index is 816. The van der Waals surface area contributed by atoms with Gasteiger partial charge in [-0.25, -0.2) is 5.43 Å². The number of nitrogens with zero attached hydrogens (tertiary/aromatic N) is 2. The number of carbonyl (C=O) groups excluding carboxylic acids is 2. The number of carbonyl (C=O) groups is 2. The first-order valence-electron chi connectivity index (χ1n) is 7.51. The third kappa shape index (κ3) is 5.41. The average molecular weight is 356 g/mol. The topological polar surface area (TPSA) is 123 Å². The largest absolute Gasteiger partial charge is 0.489 e. The van der Waals surface area contributed by atoms with Gasteiger partial charge in [0.15, 0.2) is 0 Å². The van der Waals surface area contributed by atoms with E-state index in [2.05, 4.69) is 15.8 Å². The summed E-state index contributed by atoms with van der Waals surface area (Å²) < 4.78 is 5.60. The number of rotatable bonds is 6. The van der Waals surface area contributed by atoms with Crippen molar-refractivity contribution in [3.8, 4) is 5.75 Å². The molecule has 0 aliphatic heterocycles. The van der Waals surface area contributed by atoms with E-state index in [1.807, 2.05) is 0 Å². The lowest BCUT2D eigenvalue weighted by Crippen LogP contribution is -2.35. The van der Waals surface area contributed by atoms with Gasteiger partial charge in [-0.2, -0.15) is 5.10 Å². The van der Waals surface area contributed by atoms with Crippen molar-refractivity contribution in [1.82, 2.24) is 10.7 Å². The van der Waals surface area contributed by atoms with Crippen LogP contribution in [0.2, 0.25) is 0 Å². The highest BCUT2D eigenvalue weighted by atomic mass is 16.6. The van der Waals surface area contributed by atoms with E-state index in [9.17, 15) is 19.7 Å². The van der Waals surface area contributed by atoms with Crippen molar-refractivity contribution in [1.29, 1.82) is 0 Å². The normalized spacial score (nSPS) is 10.3. The molecule has 2 aromatic carbocycles. The second-order valence-corrected chi connectivity index (χ2v) is 5.06. The average Bonchev–Trinajstić information content (AvgIpc) is 2.66. The number of nitrogens with one attached hydrogen (secondary N) is 2. The minimum Gasteiger partial charge on any atom is -0.489 e. The van der Waals surface area contributed by atoms with E-state index in [4.69, 9.17) is 4.74 Å². The third-order valence-electron chi connectivity index (χ3n) is 3.25. The number of amides is 2. The number of hydrogen-bond donors (Lipinski definition) is 2. The van der Waals surface area contributed by atoms with Crippen LogP contribution in [0.25, 0.3) is 0 Å². The fourth-order valence-corrected chi connectivity index (χ4v) is 1.86. The molecule has 0 saturated carbocycles. The zero-order chi connectivity index (χ0) is 18.9. The van der Waals surface area contributed by atoms with Gasteiger partial charge in [-0.15, -0.1) is 0 Å². The molecule has 0 radical (unpaired) electrons. The van der Waals surface area contributed by atoms with Crippen LogP contribution in [0, 0.1) is 10.1 Å². The summed E-state index contributed by atoms with van der Waals surface area (Å²) in [4.78, 5) is 32.3. The van der Waals surface area contributed by atoms with Crippen molar-refractivity contribution in [2.75, 3.05) is 7.05 Å². The van der Waals surface area contributed by atoms with Crippen LogP contribution in [0.1, 0.15) is 11.1 Å². The highest BCUT2D eigenvalue weighted by Crippen LogP contribution is 2.16. The van der Waals surface area contributed by atoms with E-state index in [0.29, 0.717) is 11.3 Å². The number of nitro benzene ring substituents is 1. The quantitative estimate of drug-likeness (QED) is 0.350. The molecule has 0 aliphatic rings. The molecular weight excluding hydrogens is 340 g/mol. The summed E-state index contributed by atoms with van der Waals surface area (Å²) in [5.41, 5.74) is 3.63. The summed E-state index contributed by atoms with van der Waals surface area (Å²) in [5, 5.41) is 16.5. The standard InChI is InChI=1S/C17H16N4O5/c1-18-16(22)17(23)20-19-10-12-4-8-15(9-5-12)26-11-13-2-6-14(7-3-13)21(24)25/h2-10H,11H2,1H3,(H,18,22)(H,20,23)/b19-10-. The van der Waals surface area contributed by atoms with Crippen LogP contribution >= 0.6 is 0 Å². The molecule has 2 aromatic rings. The van der Waals surface area contributed by atoms with E-state index in [1.165, 1.54) is 25.4 Å². The highest BCUT2D eigenvalue weighted by Gasteiger charge is 2.08. The Kier molecular flexibility index (Phi) is 6.38. The summed E-state index contributed by atoms with van der Waals surface area (Å²) in [7, 11) is 1.35. The molecule has 9 nitrogen and oxygen atoms in total. The van der Waals surface area contributed by atoms with Gasteiger partial charge in [0.05, 0.1) is 11.1 Å². The molecule has 0 atom stereocenters. The lowest BCUT2D eigenvalue weighted by atomic mass is 10.2. The Morgan fingerprint density at radius 1 is 1.12 bits per heavy atom.